The predicted molar refractivity (Wildman–Crippen MR) is 98.0 cm³/mol. The highest BCUT2D eigenvalue weighted by Crippen LogP contribution is 2.32. The van der Waals surface area contributed by atoms with Crippen LogP contribution in [-0.4, -0.2) is 44.7 Å². The lowest BCUT2D eigenvalue weighted by Gasteiger charge is -2.36. The number of halogens is 4. The van der Waals surface area contributed by atoms with Gasteiger partial charge in [-0.1, -0.05) is 0 Å². The molecular weight excluding hydrogens is 380 g/mol. The number of urea groups is 1. The van der Waals surface area contributed by atoms with Crippen LogP contribution in [0, 0.1) is 5.82 Å². The molecule has 28 heavy (non-hydrogen) atoms. The largest absolute Gasteiger partial charge is 0.419 e. The predicted octanol–water partition coefficient (Wildman–Crippen LogP) is 1.75. The molecule has 0 saturated carbocycles. The van der Waals surface area contributed by atoms with Crippen LogP contribution in [0.4, 0.5) is 28.0 Å². The smallest absolute Gasteiger partial charge is 0.320 e. The molecule has 0 aromatic heterocycles. The zero-order valence-corrected chi connectivity index (χ0v) is 15.7. The number of rotatable bonds is 7. The molecule has 1 aromatic rings. The van der Waals surface area contributed by atoms with Crippen LogP contribution in [0.3, 0.4) is 0 Å². The van der Waals surface area contributed by atoms with Gasteiger partial charge in [0.05, 0.1) is 11.7 Å². The van der Waals surface area contributed by atoms with Crippen LogP contribution in [0.1, 0.15) is 25.3 Å². The number of carbonyl (C=O) groups is 1. The number of amides is 2. The second-order valence-electron chi connectivity index (χ2n) is 6.66. The van der Waals surface area contributed by atoms with E-state index in [-0.39, 0.29) is 17.9 Å². The Morgan fingerprint density at radius 1 is 1.25 bits per heavy atom. The molecule has 0 bridgehead atoms. The maximum Gasteiger partial charge on any atom is 0.419 e. The van der Waals surface area contributed by atoms with Crippen molar-refractivity contribution in [1.82, 2.24) is 26.6 Å². The molecule has 3 unspecified atom stereocenters. The first-order chi connectivity index (χ1) is 13.2. The molecule has 3 atom stereocenters. The van der Waals surface area contributed by atoms with Gasteiger partial charge in [0, 0.05) is 11.7 Å². The van der Waals surface area contributed by atoms with Crippen molar-refractivity contribution in [3.63, 3.8) is 0 Å². The first kappa shape index (κ1) is 22.3. The first-order valence-electron chi connectivity index (χ1n) is 9.03. The van der Waals surface area contributed by atoms with Gasteiger partial charge in [-0.25, -0.2) is 9.18 Å². The molecule has 1 fully saturated rings. The molecule has 6 N–H and O–H groups in total. The molecule has 0 radical (unpaired) electrons. The number of alkyl halides is 3. The summed E-state index contributed by atoms with van der Waals surface area (Å²) in [7, 11) is 1.88. The van der Waals surface area contributed by atoms with Crippen LogP contribution in [0.2, 0.25) is 0 Å². The van der Waals surface area contributed by atoms with Gasteiger partial charge in [-0.15, -0.1) is 0 Å². The van der Waals surface area contributed by atoms with Crippen molar-refractivity contribution in [1.29, 1.82) is 0 Å². The Labute approximate surface area is 161 Å². The summed E-state index contributed by atoms with van der Waals surface area (Å²) < 4.78 is 51.7. The SMILES string of the molecule is CNCCCNC1CC(C)NC(NC(=O)Nc2ccc(F)c(C(F)(F)F)c2)N1. The first-order valence-corrected chi connectivity index (χ1v) is 9.03. The zero-order chi connectivity index (χ0) is 20.7. The van der Waals surface area contributed by atoms with E-state index in [0.717, 1.165) is 32.0 Å². The molecule has 1 heterocycles. The highest BCUT2D eigenvalue weighted by molar-refractivity contribution is 5.89. The lowest BCUT2D eigenvalue weighted by atomic mass is 10.1. The van der Waals surface area contributed by atoms with Gasteiger partial charge >= 0.3 is 12.2 Å². The summed E-state index contributed by atoms with van der Waals surface area (Å²) in [5.41, 5.74) is -1.59. The minimum Gasteiger partial charge on any atom is -0.320 e. The van der Waals surface area contributed by atoms with E-state index >= 15 is 0 Å². The Morgan fingerprint density at radius 3 is 2.68 bits per heavy atom. The van der Waals surface area contributed by atoms with Crippen molar-refractivity contribution >= 4 is 11.7 Å². The summed E-state index contributed by atoms with van der Waals surface area (Å²) >= 11 is 0. The van der Waals surface area contributed by atoms with Gasteiger partial charge < -0.3 is 21.3 Å². The molecule has 1 aliphatic rings. The fraction of sp³-hybridized carbons (Fsp3) is 0.588. The molecule has 0 spiro atoms. The fourth-order valence-electron chi connectivity index (χ4n) is 2.91. The fourth-order valence-corrected chi connectivity index (χ4v) is 2.91. The Bertz CT molecular complexity index is 657. The van der Waals surface area contributed by atoms with Crippen molar-refractivity contribution in [3.8, 4) is 0 Å². The van der Waals surface area contributed by atoms with Gasteiger partial charge in [0.2, 0.25) is 0 Å². The summed E-state index contributed by atoms with van der Waals surface area (Å²) in [5.74, 6) is -1.39. The van der Waals surface area contributed by atoms with E-state index < -0.39 is 29.9 Å². The Morgan fingerprint density at radius 2 is 2.00 bits per heavy atom. The van der Waals surface area contributed by atoms with Crippen LogP contribution in [0.5, 0.6) is 0 Å². The number of nitrogens with one attached hydrogen (secondary N) is 6. The molecule has 2 rings (SSSR count). The van der Waals surface area contributed by atoms with E-state index in [1.165, 1.54) is 0 Å². The van der Waals surface area contributed by atoms with Gasteiger partial charge in [-0.2, -0.15) is 13.2 Å². The Kier molecular flexibility index (Phi) is 7.98. The third-order valence-electron chi connectivity index (χ3n) is 4.21. The lowest BCUT2D eigenvalue weighted by molar-refractivity contribution is -0.139. The highest BCUT2D eigenvalue weighted by Gasteiger charge is 2.34. The highest BCUT2D eigenvalue weighted by atomic mass is 19.4. The standard InChI is InChI=1S/C17H26F4N6O/c1-10-8-14(23-7-3-6-22-2)26-15(24-10)27-16(28)25-11-4-5-13(18)12(9-11)17(19,20)21/h4-5,9-10,14-15,22-24,26H,3,6-8H2,1-2H3,(H2,25,27,28). The van der Waals surface area contributed by atoms with Crippen molar-refractivity contribution in [2.24, 2.45) is 0 Å². The van der Waals surface area contributed by atoms with E-state index in [1.54, 1.807) is 0 Å². The average molecular weight is 406 g/mol. The number of hydrogen-bond acceptors (Lipinski definition) is 5. The molecule has 11 heteroatoms. The van der Waals surface area contributed by atoms with Gasteiger partial charge in [-0.3, -0.25) is 10.6 Å². The maximum absolute atomic E-state index is 13.3. The molecule has 1 saturated heterocycles. The van der Waals surface area contributed by atoms with Crippen molar-refractivity contribution in [2.75, 3.05) is 25.5 Å². The van der Waals surface area contributed by atoms with E-state index in [0.29, 0.717) is 12.1 Å². The topological polar surface area (TPSA) is 89.2 Å². The van der Waals surface area contributed by atoms with Gasteiger partial charge in [0.1, 0.15) is 12.1 Å². The van der Waals surface area contributed by atoms with Crippen LogP contribution in [-0.2, 0) is 6.18 Å². The normalized spacial score (nSPS) is 22.7. The van der Waals surface area contributed by atoms with E-state index in [2.05, 4.69) is 31.9 Å². The minimum absolute atomic E-state index is 0.0268. The number of hydrogen-bond donors (Lipinski definition) is 6. The molecule has 2 amide bonds. The summed E-state index contributed by atoms with van der Waals surface area (Å²) in [6, 6.07) is 1.69. The van der Waals surface area contributed by atoms with E-state index in [4.69, 9.17) is 0 Å². The summed E-state index contributed by atoms with van der Waals surface area (Å²) in [5, 5.41) is 17.6. The molecule has 7 nitrogen and oxygen atoms in total. The van der Waals surface area contributed by atoms with Crippen molar-refractivity contribution < 1.29 is 22.4 Å². The zero-order valence-electron chi connectivity index (χ0n) is 15.7. The van der Waals surface area contributed by atoms with Gasteiger partial charge in [-0.05, 0) is 58.1 Å². The van der Waals surface area contributed by atoms with E-state index in [9.17, 15) is 22.4 Å². The summed E-state index contributed by atoms with van der Waals surface area (Å²) in [4.78, 5) is 12.1. The number of anilines is 1. The Hall–Kier alpha value is -1.95. The van der Waals surface area contributed by atoms with Crippen LogP contribution in [0.25, 0.3) is 0 Å². The van der Waals surface area contributed by atoms with Crippen LogP contribution >= 0.6 is 0 Å². The maximum atomic E-state index is 13.3. The molecule has 0 aliphatic carbocycles. The molecule has 1 aromatic carbocycles. The average Bonchev–Trinajstić information content (AvgIpc) is 2.59. The molecule has 158 valence electrons. The molecule has 1 aliphatic heterocycles. The van der Waals surface area contributed by atoms with Crippen molar-refractivity contribution in [2.45, 2.75) is 44.4 Å². The number of carbonyl (C=O) groups excluding carboxylic acids is 1. The number of benzene rings is 1. The van der Waals surface area contributed by atoms with E-state index in [1.807, 2.05) is 14.0 Å². The Balaban J connectivity index is 1.89. The second-order valence-corrected chi connectivity index (χ2v) is 6.66. The van der Waals surface area contributed by atoms with Crippen LogP contribution in [0.15, 0.2) is 18.2 Å². The third kappa shape index (κ3) is 6.89. The van der Waals surface area contributed by atoms with Gasteiger partial charge in [0.25, 0.3) is 0 Å². The molecular formula is C17H26F4N6O. The lowest BCUT2D eigenvalue weighted by Crippen LogP contribution is -2.67. The van der Waals surface area contributed by atoms with Crippen LogP contribution < -0.4 is 31.9 Å². The van der Waals surface area contributed by atoms with Crippen molar-refractivity contribution in [3.05, 3.63) is 29.6 Å². The minimum atomic E-state index is -4.84. The summed E-state index contributed by atoms with van der Waals surface area (Å²) in [6.07, 6.45) is -3.70. The van der Waals surface area contributed by atoms with Gasteiger partial charge in [0.15, 0.2) is 0 Å². The second kappa shape index (κ2) is 10.0. The third-order valence-corrected chi connectivity index (χ3v) is 4.21. The quantitative estimate of drug-likeness (QED) is 0.307. The monoisotopic (exact) mass is 406 g/mol. The summed E-state index contributed by atoms with van der Waals surface area (Å²) in [6.45, 7) is 3.64.